The molecule has 0 radical (unpaired) electrons. The Kier molecular flexibility index (Phi) is 4.99. The molecular weight excluding hydrogens is 374 g/mol. The highest BCUT2D eigenvalue weighted by Gasteiger charge is 2.30. The van der Waals surface area contributed by atoms with Gasteiger partial charge in [-0.2, -0.15) is 0 Å². The summed E-state index contributed by atoms with van der Waals surface area (Å²) in [4.78, 5) is 52.0. The average molecular weight is 393 g/mol. The maximum Gasteiger partial charge on any atom is 0.338 e. The molecule has 2 aromatic carbocycles. The topological polar surface area (TPSA) is 101 Å². The average Bonchev–Trinajstić information content (AvgIpc) is 3.23. The Bertz CT molecular complexity index is 1140. The molecule has 148 valence electrons. The van der Waals surface area contributed by atoms with E-state index >= 15 is 0 Å². The molecule has 1 aromatic heterocycles. The number of hydrogen-bond donors (Lipinski definition) is 1. The summed E-state index contributed by atoms with van der Waals surface area (Å²) in [5.74, 6) is -1.09. The van der Waals surface area contributed by atoms with Crippen LogP contribution < -0.4 is 10.6 Å². The zero-order valence-electron chi connectivity index (χ0n) is 15.6. The molecule has 0 unspecified atom stereocenters. The molecule has 3 aromatic rings. The number of carbonyl (C=O) groups excluding carboxylic acids is 3. The number of anilines is 1. The van der Waals surface area contributed by atoms with Crippen molar-refractivity contribution < 1.29 is 19.1 Å². The summed E-state index contributed by atoms with van der Waals surface area (Å²) in [6.45, 7) is 0.545. The lowest BCUT2D eigenvalue weighted by Crippen LogP contribution is -2.28. The van der Waals surface area contributed by atoms with Gasteiger partial charge in [0.15, 0.2) is 0 Å². The van der Waals surface area contributed by atoms with Crippen LogP contribution in [0.25, 0.3) is 11.0 Å². The lowest BCUT2D eigenvalue weighted by Gasteiger charge is -2.14. The van der Waals surface area contributed by atoms with Gasteiger partial charge < -0.3 is 9.72 Å². The first-order chi connectivity index (χ1) is 14.0. The number of nitrogens with one attached hydrogen (secondary N) is 1. The lowest BCUT2D eigenvalue weighted by molar-refractivity contribution is -0.121. The van der Waals surface area contributed by atoms with Crippen molar-refractivity contribution >= 4 is 34.5 Å². The number of aryl methyl sites for hydroxylation is 1. The molecule has 2 amide bonds. The monoisotopic (exact) mass is 393 g/mol. The van der Waals surface area contributed by atoms with Gasteiger partial charge in [-0.05, 0) is 36.8 Å². The zero-order valence-corrected chi connectivity index (χ0v) is 15.6. The maximum absolute atomic E-state index is 12.3. The normalized spacial score (nSPS) is 14.0. The van der Waals surface area contributed by atoms with E-state index in [9.17, 15) is 19.2 Å². The number of para-hydroxylation sites is 2. The van der Waals surface area contributed by atoms with Crippen molar-refractivity contribution in [3.8, 4) is 0 Å². The van der Waals surface area contributed by atoms with Crippen LogP contribution in [0.3, 0.4) is 0 Å². The highest BCUT2D eigenvalue weighted by atomic mass is 16.5. The van der Waals surface area contributed by atoms with Crippen LogP contribution >= 0.6 is 0 Å². The fourth-order valence-corrected chi connectivity index (χ4v) is 3.44. The Balaban J connectivity index is 1.37. The molecule has 1 N–H and O–H groups in total. The summed E-state index contributed by atoms with van der Waals surface area (Å²) < 4.78 is 6.90. The van der Waals surface area contributed by atoms with Crippen LogP contribution in [-0.4, -0.2) is 33.9 Å². The Morgan fingerprint density at radius 3 is 2.55 bits per heavy atom. The van der Waals surface area contributed by atoms with E-state index in [2.05, 4.69) is 4.98 Å². The summed E-state index contributed by atoms with van der Waals surface area (Å²) in [6.07, 6.45) is 0.831. The second-order valence-corrected chi connectivity index (χ2v) is 6.76. The van der Waals surface area contributed by atoms with Crippen LogP contribution in [0.1, 0.15) is 29.6 Å². The first-order valence-corrected chi connectivity index (χ1v) is 9.35. The molecule has 1 aliphatic rings. The van der Waals surface area contributed by atoms with Crippen LogP contribution in [0, 0.1) is 0 Å². The van der Waals surface area contributed by atoms with Gasteiger partial charge >= 0.3 is 11.7 Å². The minimum Gasteiger partial charge on any atom is -0.462 e. The standard InChI is InChI=1S/C21H19N3O5/c25-18-9-10-19(26)24(18)15-6-3-5-14(13-15)20(27)29-12-4-11-23-17-8-2-1-7-16(17)22-21(23)28/h1-3,5-8,13H,4,9-12H2,(H,22,28). The summed E-state index contributed by atoms with van der Waals surface area (Å²) in [7, 11) is 0. The van der Waals surface area contributed by atoms with Gasteiger partial charge in [-0.15, -0.1) is 0 Å². The molecule has 1 fully saturated rings. The third kappa shape index (κ3) is 3.69. The van der Waals surface area contributed by atoms with E-state index < -0.39 is 5.97 Å². The van der Waals surface area contributed by atoms with Gasteiger partial charge in [0.2, 0.25) is 11.8 Å². The van der Waals surface area contributed by atoms with Gasteiger partial charge in [-0.1, -0.05) is 18.2 Å². The minimum absolute atomic E-state index is 0.135. The quantitative estimate of drug-likeness (QED) is 0.393. The number of aromatic nitrogens is 2. The van der Waals surface area contributed by atoms with Gasteiger partial charge in [0.1, 0.15) is 0 Å². The van der Waals surface area contributed by atoms with E-state index in [4.69, 9.17) is 4.74 Å². The van der Waals surface area contributed by atoms with Crippen LogP contribution in [0.4, 0.5) is 5.69 Å². The van der Waals surface area contributed by atoms with Crippen LogP contribution in [-0.2, 0) is 20.9 Å². The van der Waals surface area contributed by atoms with E-state index in [0.29, 0.717) is 18.7 Å². The molecule has 1 aliphatic heterocycles. The zero-order chi connectivity index (χ0) is 20.4. The maximum atomic E-state index is 12.3. The molecule has 0 saturated carbocycles. The minimum atomic E-state index is -0.544. The van der Waals surface area contributed by atoms with Crippen molar-refractivity contribution in [3.63, 3.8) is 0 Å². The predicted octanol–water partition coefficient (Wildman–Crippen LogP) is 2.23. The number of H-pyrrole nitrogens is 1. The summed E-state index contributed by atoms with van der Waals surface area (Å²) in [5, 5.41) is 0. The van der Waals surface area contributed by atoms with Gasteiger partial charge in [-0.25, -0.2) is 9.59 Å². The van der Waals surface area contributed by atoms with E-state index in [0.717, 1.165) is 15.9 Å². The number of hydrogen-bond acceptors (Lipinski definition) is 5. The molecular formula is C21H19N3O5. The predicted molar refractivity (Wildman–Crippen MR) is 106 cm³/mol. The number of amides is 2. The van der Waals surface area contributed by atoms with E-state index in [-0.39, 0.29) is 42.5 Å². The van der Waals surface area contributed by atoms with E-state index in [1.165, 1.54) is 6.07 Å². The Labute approximate surface area is 165 Å². The van der Waals surface area contributed by atoms with Crippen molar-refractivity contribution in [2.45, 2.75) is 25.8 Å². The first-order valence-electron chi connectivity index (χ1n) is 9.35. The second kappa shape index (κ2) is 7.75. The van der Waals surface area contributed by atoms with E-state index in [1.807, 2.05) is 24.3 Å². The van der Waals surface area contributed by atoms with Crippen molar-refractivity contribution in [2.75, 3.05) is 11.5 Å². The molecule has 0 aliphatic carbocycles. The molecule has 4 rings (SSSR count). The Hall–Kier alpha value is -3.68. The number of ether oxygens (including phenoxy) is 1. The van der Waals surface area contributed by atoms with Crippen LogP contribution in [0.2, 0.25) is 0 Å². The second-order valence-electron chi connectivity index (χ2n) is 6.76. The molecule has 29 heavy (non-hydrogen) atoms. The van der Waals surface area contributed by atoms with Crippen molar-refractivity contribution in [2.24, 2.45) is 0 Å². The van der Waals surface area contributed by atoms with E-state index in [1.54, 1.807) is 22.8 Å². The number of carbonyl (C=O) groups is 3. The number of imidazole rings is 1. The van der Waals surface area contributed by atoms with Gasteiger partial charge in [0, 0.05) is 19.4 Å². The molecule has 1 saturated heterocycles. The van der Waals surface area contributed by atoms with Crippen molar-refractivity contribution in [1.29, 1.82) is 0 Å². The summed E-state index contributed by atoms with van der Waals surface area (Å²) in [6, 6.07) is 13.7. The molecule has 0 bridgehead atoms. The summed E-state index contributed by atoms with van der Waals surface area (Å²) in [5.41, 5.74) is 2.00. The Morgan fingerprint density at radius 1 is 1.00 bits per heavy atom. The van der Waals surface area contributed by atoms with Gasteiger partial charge in [0.05, 0.1) is 28.9 Å². The largest absolute Gasteiger partial charge is 0.462 e. The molecule has 2 heterocycles. The van der Waals surface area contributed by atoms with Crippen LogP contribution in [0.15, 0.2) is 53.3 Å². The van der Waals surface area contributed by atoms with Gasteiger partial charge in [-0.3, -0.25) is 19.1 Å². The third-order valence-electron chi connectivity index (χ3n) is 4.83. The third-order valence-corrected chi connectivity index (χ3v) is 4.83. The summed E-state index contributed by atoms with van der Waals surface area (Å²) >= 11 is 0. The number of aromatic amines is 1. The number of nitrogens with zero attached hydrogens (tertiary/aromatic N) is 2. The number of imide groups is 1. The fraction of sp³-hybridized carbons (Fsp3) is 0.238. The first kappa shape index (κ1) is 18.7. The lowest BCUT2D eigenvalue weighted by atomic mass is 10.2. The fourth-order valence-electron chi connectivity index (χ4n) is 3.44. The van der Waals surface area contributed by atoms with Gasteiger partial charge in [0.25, 0.3) is 0 Å². The highest BCUT2D eigenvalue weighted by Crippen LogP contribution is 2.23. The van der Waals surface area contributed by atoms with Crippen molar-refractivity contribution in [1.82, 2.24) is 9.55 Å². The van der Waals surface area contributed by atoms with Crippen molar-refractivity contribution in [3.05, 3.63) is 64.6 Å². The van der Waals surface area contributed by atoms with Crippen LogP contribution in [0.5, 0.6) is 0 Å². The molecule has 8 nitrogen and oxygen atoms in total. The number of esters is 1. The highest BCUT2D eigenvalue weighted by molar-refractivity contribution is 6.20. The molecule has 8 heteroatoms. The Morgan fingerprint density at radius 2 is 1.76 bits per heavy atom. The number of rotatable bonds is 6. The number of fused-ring (bicyclic) bond motifs is 1. The SMILES string of the molecule is O=C(OCCCn1c(=O)[nH]c2ccccc21)c1cccc(N2C(=O)CCC2=O)c1. The molecule has 0 atom stereocenters. The molecule has 0 spiro atoms. The smallest absolute Gasteiger partial charge is 0.338 e. The number of benzene rings is 2.